The molecule has 0 aliphatic carbocycles. The molecule has 0 saturated carbocycles. The summed E-state index contributed by atoms with van der Waals surface area (Å²) in [6.45, 7) is 0.451. The lowest BCUT2D eigenvalue weighted by atomic mass is 10.0. The molecule has 2 fully saturated rings. The zero-order valence-corrected chi connectivity index (χ0v) is 17.7. The molecule has 0 radical (unpaired) electrons. The lowest BCUT2D eigenvalue weighted by molar-refractivity contribution is -0.138. The minimum Gasteiger partial charge on any atom is -0.444 e. The molecule has 1 N–H and O–H groups in total. The number of fused-ring (bicyclic) bond motifs is 1. The Morgan fingerprint density at radius 3 is 2.64 bits per heavy atom. The van der Waals surface area contributed by atoms with Gasteiger partial charge in [-0.15, -0.1) is 0 Å². The molecule has 33 heavy (non-hydrogen) atoms. The van der Waals surface area contributed by atoms with Crippen LogP contribution in [0.25, 0.3) is 11.3 Å². The monoisotopic (exact) mass is 446 g/mol. The number of hydrogen-bond acceptors (Lipinski definition) is 7. The standard InChI is InChI=1S/C24H22N4O5/c29-19-13-32-20-7-10-28(22(19)20)24(31)18(11-15-5-8-25-9-6-15)27-23(30)17-3-1-16(2-4-17)21-12-26-14-33-21/h1-6,8-9,12,14,18,20,22H,7,10-11,13H2,(H,27,30). The number of carbonyl (C=O) groups excluding carboxylic acids is 3. The fraction of sp³-hybridized carbons (Fsp3) is 0.292. The van der Waals surface area contributed by atoms with E-state index in [1.807, 2.05) is 0 Å². The van der Waals surface area contributed by atoms with Gasteiger partial charge < -0.3 is 19.4 Å². The molecule has 3 unspecified atom stereocenters. The van der Waals surface area contributed by atoms with Gasteiger partial charge in [0, 0.05) is 36.5 Å². The summed E-state index contributed by atoms with van der Waals surface area (Å²) >= 11 is 0. The minimum atomic E-state index is -0.832. The number of Topliss-reactive ketones (excluding diaryl/α,β-unsaturated/α-hetero) is 1. The van der Waals surface area contributed by atoms with Crippen molar-refractivity contribution in [2.75, 3.05) is 13.2 Å². The zero-order valence-electron chi connectivity index (χ0n) is 17.7. The van der Waals surface area contributed by atoms with Gasteiger partial charge in [-0.05, 0) is 36.2 Å². The molecule has 0 bridgehead atoms. The summed E-state index contributed by atoms with van der Waals surface area (Å²) in [6.07, 6.45) is 6.85. The molecule has 3 aromatic rings. The van der Waals surface area contributed by atoms with E-state index < -0.39 is 12.1 Å². The van der Waals surface area contributed by atoms with Gasteiger partial charge in [-0.1, -0.05) is 12.1 Å². The van der Waals surface area contributed by atoms with Crippen molar-refractivity contribution >= 4 is 17.6 Å². The highest BCUT2D eigenvalue weighted by Crippen LogP contribution is 2.28. The van der Waals surface area contributed by atoms with Crippen LogP contribution in [0, 0.1) is 0 Å². The maximum absolute atomic E-state index is 13.5. The SMILES string of the molecule is O=C(NC(Cc1ccncc1)C(=O)N1CCC2OCC(=O)C21)c1ccc(-c2cnco2)cc1. The van der Waals surface area contributed by atoms with Crippen molar-refractivity contribution in [2.24, 2.45) is 0 Å². The summed E-state index contributed by atoms with van der Waals surface area (Å²) in [5, 5.41) is 2.87. The summed E-state index contributed by atoms with van der Waals surface area (Å²) < 4.78 is 10.8. The number of nitrogens with one attached hydrogen (secondary N) is 1. The van der Waals surface area contributed by atoms with Gasteiger partial charge in [0.1, 0.15) is 18.7 Å². The third-order valence-electron chi connectivity index (χ3n) is 6.05. The Kier molecular flexibility index (Phi) is 5.70. The van der Waals surface area contributed by atoms with Gasteiger partial charge >= 0.3 is 0 Å². The lowest BCUT2D eigenvalue weighted by Crippen LogP contribution is -2.53. The lowest BCUT2D eigenvalue weighted by Gasteiger charge is -2.27. The van der Waals surface area contributed by atoms with Crippen LogP contribution in [0.2, 0.25) is 0 Å². The van der Waals surface area contributed by atoms with E-state index in [1.165, 1.54) is 6.39 Å². The van der Waals surface area contributed by atoms with Gasteiger partial charge in [-0.3, -0.25) is 19.4 Å². The number of rotatable bonds is 6. The van der Waals surface area contributed by atoms with E-state index in [1.54, 1.807) is 59.9 Å². The van der Waals surface area contributed by atoms with Crippen molar-refractivity contribution in [3.8, 4) is 11.3 Å². The molecule has 1 aromatic carbocycles. The predicted octanol–water partition coefficient (Wildman–Crippen LogP) is 1.65. The summed E-state index contributed by atoms with van der Waals surface area (Å²) in [7, 11) is 0. The molecule has 2 aliphatic rings. The fourth-order valence-electron chi connectivity index (χ4n) is 4.38. The Morgan fingerprint density at radius 1 is 1.12 bits per heavy atom. The molecule has 2 aromatic heterocycles. The number of benzene rings is 1. The average molecular weight is 446 g/mol. The van der Waals surface area contributed by atoms with Gasteiger partial charge in [0.15, 0.2) is 17.9 Å². The predicted molar refractivity (Wildman–Crippen MR) is 116 cm³/mol. The van der Waals surface area contributed by atoms with Crippen LogP contribution in [-0.2, 0) is 20.7 Å². The Labute approximate surface area is 189 Å². The number of nitrogens with zero attached hydrogens (tertiary/aromatic N) is 3. The van der Waals surface area contributed by atoms with E-state index in [9.17, 15) is 14.4 Å². The molecule has 3 atom stereocenters. The van der Waals surface area contributed by atoms with Gasteiger partial charge in [-0.25, -0.2) is 4.98 Å². The number of oxazole rings is 1. The quantitative estimate of drug-likeness (QED) is 0.612. The summed E-state index contributed by atoms with van der Waals surface area (Å²) in [5.74, 6) is -0.163. The molecule has 2 saturated heterocycles. The second-order valence-corrected chi connectivity index (χ2v) is 8.11. The average Bonchev–Trinajstić information content (AvgIpc) is 3.59. The molecule has 4 heterocycles. The summed E-state index contributed by atoms with van der Waals surface area (Å²) in [6, 6.07) is 9.05. The first-order valence-electron chi connectivity index (χ1n) is 10.7. The van der Waals surface area contributed by atoms with E-state index in [0.29, 0.717) is 24.3 Å². The van der Waals surface area contributed by atoms with Crippen molar-refractivity contribution in [3.63, 3.8) is 0 Å². The zero-order chi connectivity index (χ0) is 22.8. The maximum Gasteiger partial charge on any atom is 0.251 e. The number of hydrogen-bond donors (Lipinski definition) is 1. The number of pyridine rings is 1. The van der Waals surface area contributed by atoms with E-state index >= 15 is 0 Å². The van der Waals surface area contributed by atoms with E-state index in [0.717, 1.165) is 11.1 Å². The van der Waals surface area contributed by atoms with E-state index in [4.69, 9.17) is 9.15 Å². The Balaban J connectivity index is 1.35. The third kappa shape index (κ3) is 4.27. The molecular weight excluding hydrogens is 424 g/mol. The van der Waals surface area contributed by atoms with E-state index in [-0.39, 0.29) is 36.7 Å². The van der Waals surface area contributed by atoms with Crippen molar-refractivity contribution in [1.82, 2.24) is 20.2 Å². The van der Waals surface area contributed by atoms with Crippen molar-refractivity contribution in [2.45, 2.75) is 31.0 Å². The molecule has 2 aliphatic heterocycles. The number of aromatic nitrogens is 2. The van der Waals surface area contributed by atoms with Gasteiger partial charge in [0.2, 0.25) is 5.91 Å². The number of ether oxygens (including phenoxy) is 1. The topological polar surface area (TPSA) is 115 Å². The fourth-order valence-corrected chi connectivity index (χ4v) is 4.38. The van der Waals surface area contributed by atoms with Crippen LogP contribution in [-0.4, -0.2) is 63.8 Å². The second kappa shape index (κ2) is 8.95. The van der Waals surface area contributed by atoms with Crippen LogP contribution in [0.3, 0.4) is 0 Å². The Hall–Kier alpha value is -3.85. The highest BCUT2D eigenvalue weighted by Gasteiger charge is 2.48. The molecule has 2 amide bonds. The van der Waals surface area contributed by atoms with Gasteiger partial charge in [0.05, 0.1) is 12.3 Å². The second-order valence-electron chi connectivity index (χ2n) is 8.11. The molecular formula is C24H22N4O5. The number of ketones is 1. The number of likely N-dealkylation sites (tertiary alicyclic amines) is 1. The van der Waals surface area contributed by atoms with Crippen LogP contribution in [0.5, 0.6) is 0 Å². The maximum atomic E-state index is 13.5. The van der Waals surface area contributed by atoms with Crippen molar-refractivity contribution < 1.29 is 23.5 Å². The third-order valence-corrected chi connectivity index (χ3v) is 6.05. The minimum absolute atomic E-state index is 0.0258. The first-order chi connectivity index (χ1) is 16.1. The molecule has 0 spiro atoms. The van der Waals surface area contributed by atoms with Crippen LogP contribution >= 0.6 is 0 Å². The van der Waals surface area contributed by atoms with Crippen molar-refractivity contribution in [1.29, 1.82) is 0 Å². The molecule has 168 valence electrons. The largest absolute Gasteiger partial charge is 0.444 e. The normalized spacial score (nSPS) is 20.5. The highest BCUT2D eigenvalue weighted by atomic mass is 16.5. The first kappa shape index (κ1) is 21.0. The number of carbonyl (C=O) groups is 3. The molecule has 5 rings (SSSR count). The van der Waals surface area contributed by atoms with Crippen LogP contribution < -0.4 is 5.32 Å². The molecule has 9 nitrogen and oxygen atoms in total. The smallest absolute Gasteiger partial charge is 0.251 e. The van der Waals surface area contributed by atoms with Crippen molar-refractivity contribution in [3.05, 3.63) is 72.5 Å². The first-order valence-corrected chi connectivity index (χ1v) is 10.7. The Morgan fingerprint density at radius 2 is 1.91 bits per heavy atom. The van der Waals surface area contributed by atoms with Crippen LogP contribution in [0.15, 0.2) is 65.8 Å². The van der Waals surface area contributed by atoms with Crippen LogP contribution in [0.1, 0.15) is 22.3 Å². The Bertz CT molecular complexity index is 1150. The molecule has 9 heteroatoms. The number of amides is 2. The highest BCUT2D eigenvalue weighted by molar-refractivity contribution is 5.99. The van der Waals surface area contributed by atoms with Gasteiger partial charge in [0.25, 0.3) is 5.91 Å². The summed E-state index contributed by atoms with van der Waals surface area (Å²) in [4.78, 5) is 48.3. The van der Waals surface area contributed by atoms with E-state index in [2.05, 4.69) is 15.3 Å². The van der Waals surface area contributed by atoms with Gasteiger partial charge in [-0.2, -0.15) is 0 Å². The summed E-state index contributed by atoms with van der Waals surface area (Å²) in [5.41, 5.74) is 2.05. The van der Waals surface area contributed by atoms with Crippen LogP contribution in [0.4, 0.5) is 0 Å².